The van der Waals surface area contributed by atoms with Gasteiger partial charge in [0.1, 0.15) is 0 Å². The summed E-state index contributed by atoms with van der Waals surface area (Å²) >= 11 is 0. The van der Waals surface area contributed by atoms with Crippen molar-refractivity contribution in [3.8, 4) is 11.3 Å². The Morgan fingerprint density at radius 2 is 2.15 bits per heavy atom. The molecule has 2 heterocycles. The molecule has 0 aromatic carbocycles. The molecule has 0 saturated heterocycles. The molecule has 2 aromatic rings. The third kappa shape index (κ3) is 1.26. The van der Waals surface area contributed by atoms with Crippen molar-refractivity contribution in [2.24, 2.45) is 7.05 Å². The molecule has 0 aliphatic heterocycles. The molecule has 0 aliphatic rings. The van der Waals surface area contributed by atoms with E-state index in [0.717, 1.165) is 16.9 Å². The van der Waals surface area contributed by atoms with E-state index < -0.39 is 0 Å². The quantitative estimate of drug-likeness (QED) is 0.703. The van der Waals surface area contributed by atoms with Crippen LogP contribution in [0.2, 0.25) is 0 Å². The minimum absolute atomic E-state index is 0.721. The molecule has 0 atom stereocenters. The molecule has 0 bridgehead atoms. The van der Waals surface area contributed by atoms with Gasteiger partial charge >= 0.3 is 0 Å². The first-order chi connectivity index (χ1) is 6.29. The highest BCUT2D eigenvalue weighted by atomic mass is 15.0. The van der Waals surface area contributed by atoms with Crippen LogP contribution in [-0.4, -0.2) is 14.5 Å². The van der Waals surface area contributed by atoms with Crippen molar-refractivity contribution >= 4 is 5.69 Å². The van der Waals surface area contributed by atoms with Gasteiger partial charge in [0.15, 0.2) is 0 Å². The lowest BCUT2D eigenvalue weighted by Gasteiger charge is -2.04. The first-order valence-electron chi connectivity index (χ1n) is 3.95. The molecule has 0 radical (unpaired) electrons. The fourth-order valence-corrected chi connectivity index (χ4v) is 1.24. The highest BCUT2D eigenvalue weighted by molar-refractivity contribution is 5.72. The average Bonchev–Trinajstić information content (AvgIpc) is 2.52. The van der Waals surface area contributed by atoms with Crippen LogP contribution in [0.15, 0.2) is 31.0 Å². The Bertz CT molecular complexity index is 419. The van der Waals surface area contributed by atoms with E-state index in [4.69, 9.17) is 5.73 Å². The van der Waals surface area contributed by atoms with Crippen LogP contribution in [-0.2, 0) is 7.05 Å². The number of hydrogen-bond donors (Lipinski definition) is 1. The predicted octanol–water partition coefficient (Wildman–Crippen LogP) is 1.06. The minimum atomic E-state index is 0.721. The summed E-state index contributed by atoms with van der Waals surface area (Å²) in [7, 11) is 1.93. The molecule has 4 heteroatoms. The van der Waals surface area contributed by atoms with Crippen molar-refractivity contribution in [2.45, 2.75) is 0 Å². The van der Waals surface area contributed by atoms with E-state index in [9.17, 15) is 0 Å². The summed E-state index contributed by atoms with van der Waals surface area (Å²) in [5, 5.41) is 0. The van der Waals surface area contributed by atoms with Gasteiger partial charge in [-0.3, -0.25) is 4.98 Å². The van der Waals surface area contributed by atoms with Gasteiger partial charge in [-0.1, -0.05) is 0 Å². The van der Waals surface area contributed by atoms with Crippen molar-refractivity contribution in [3.63, 3.8) is 0 Å². The van der Waals surface area contributed by atoms with Gasteiger partial charge in [0, 0.05) is 30.7 Å². The van der Waals surface area contributed by atoms with E-state index in [0.29, 0.717) is 0 Å². The third-order valence-corrected chi connectivity index (χ3v) is 1.95. The van der Waals surface area contributed by atoms with Crippen molar-refractivity contribution in [3.05, 3.63) is 31.0 Å². The number of imidazole rings is 1. The fraction of sp³-hybridized carbons (Fsp3) is 0.111. The maximum Gasteiger partial charge on any atom is 0.0948 e. The maximum absolute atomic E-state index is 5.80. The Labute approximate surface area is 76.1 Å². The molecular weight excluding hydrogens is 164 g/mol. The SMILES string of the molecule is Cn1cncc1-c1cnccc1N. The Balaban J connectivity index is 2.59. The number of aromatic nitrogens is 3. The van der Waals surface area contributed by atoms with Crippen LogP contribution in [0.1, 0.15) is 0 Å². The second-order valence-corrected chi connectivity index (χ2v) is 2.85. The Morgan fingerprint density at radius 3 is 2.77 bits per heavy atom. The van der Waals surface area contributed by atoms with Crippen molar-refractivity contribution in [1.82, 2.24) is 14.5 Å². The molecule has 0 amide bonds. The molecule has 4 nitrogen and oxygen atoms in total. The molecule has 2 rings (SSSR count). The molecule has 0 saturated carbocycles. The number of pyridine rings is 1. The highest BCUT2D eigenvalue weighted by Crippen LogP contribution is 2.22. The number of anilines is 1. The second kappa shape index (κ2) is 2.90. The van der Waals surface area contributed by atoms with Gasteiger partial charge in [-0.2, -0.15) is 0 Å². The molecule has 0 spiro atoms. The largest absolute Gasteiger partial charge is 0.398 e. The van der Waals surface area contributed by atoms with Crippen LogP contribution < -0.4 is 5.73 Å². The minimum Gasteiger partial charge on any atom is -0.398 e. The average molecular weight is 174 g/mol. The highest BCUT2D eigenvalue weighted by Gasteiger charge is 2.04. The van der Waals surface area contributed by atoms with Crippen LogP contribution in [0.5, 0.6) is 0 Å². The third-order valence-electron chi connectivity index (χ3n) is 1.95. The van der Waals surface area contributed by atoms with Crippen LogP contribution in [0.25, 0.3) is 11.3 Å². The molecule has 0 unspecified atom stereocenters. The van der Waals surface area contributed by atoms with E-state index >= 15 is 0 Å². The first-order valence-corrected chi connectivity index (χ1v) is 3.95. The normalized spacial score (nSPS) is 10.2. The standard InChI is InChI=1S/C9H10N4/c1-13-6-12-5-9(13)7-4-11-3-2-8(7)10/h2-6H,1H3,(H2,10,11). The zero-order chi connectivity index (χ0) is 9.26. The van der Waals surface area contributed by atoms with E-state index in [1.165, 1.54) is 0 Å². The van der Waals surface area contributed by atoms with Gasteiger partial charge < -0.3 is 10.3 Å². The second-order valence-electron chi connectivity index (χ2n) is 2.85. The maximum atomic E-state index is 5.80. The number of nitrogen functional groups attached to an aromatic ring is 1. The van der Waals surface area contributed by atoms with Gasteiger partial charge in [-0.05, 0) is 6.07 Å². The van der Waals surface area contributed by atoms with Crippen LogP contribution in [0.4, 0.5) is 5.69 Å². The molecular formula is C9H10N4. The van der Waals surface area contributed by atoms with E-state index in [1.807, 2.05) is 11.6 Å². The molecule has 0 fully saturated rings. The fourth-order valence-electron chi connectivity index (χ4n) is 1.24. The lowest BCUT2D eigenvalue weighted by atomic mass is 10.2. The summed E-state index contributed by atoms with van der Waals surface area (Å²) in [6, 6.07) is 1.78. The topological polar surface area (TPSA) is 56.7 Å². The Hall–Kier alpha value is -1.84. The van der Waals surface area contributed by atoms with Gasteiger partial charge in [0.2, 0.25) is 0 Å². The van der Waals surface area contributed by atoms with E-state index in [-0.39, 0.29) is 0 Å². The monoisotopic (exact) mass is 174 g/mol. The molecule has 2 aromatic heterocycles. The van der Waals surface area contributed by atoms with Gasteiger partial charge in [0.05, 0.1) is 18.2 Å². The zero-order valence-electron chi connectivity index (χ0n) is 7.31. The molecule has 2 N–H and O–H groups in total. The lowest BCUT2D eigenvalue weighted by Crippen LogP contribution is -1.95. The summed E-state index contributed by atoms with van der Waals surface area (Å²) in [5.41, 5.74) is 8.42. The summed E-state index contributed by atoms with van der Waals surface area (Å²) in [6.07, 6.45) is 6.93. The first kappa shape index (κ1) is 7.79. The number of rotatable bonds is 1. The predicted molar refractivity (Wildman–Crippen MR) is 50.9 cm³/mol. The Morgan fingerprint density at radius 1 is 1.31 bits per heavy atom. The van der Waals surface area contributed by atoms with Crippen LogP contribution in [0, 0.1) is 0 Å². The zero-order valence-corrected chi connectivity index (χ0v) is 7.31. The van der Waals surface area contributed by atoms with Gasteiger partial charge in [0.25, 0.3) is 0 Å². The van der Waals surface area contributed by atoms with Gasteiger partial charge in [-0.15, -0.1) is 0 Å². The number of hydrogen-bond acceptors (Lipinski definition) is 3. The van der Waals surface area contributed by atoms with Crippen LogP contribution >= 0.6 is 0 Å². The lowest BCUT2D eigenvalue weighted by molar-refractivity contribution is 0.921. The van der Waals surface area contributed by atoms with Crippen LogP contribution in [0.3, 0.4) is 0 Å². The molecule has 13 heavy (non-hydrogen) atoms. The van der Waals surface area contributed by atoms with E-state index in [2.05, 4.69) is 9.97 Å². The summed E-state index contributed by atoms with van der Waals surface area (Å²) in [6.45, 7) is 0. The smallest absolute Gasteiger partial charge is 0.0948 e. The van der Waals surface area contributed by atoms with Crippen molar-refractivity contribution in [1.29, 1.82) is 0 Å². The van der Waals surface area contributed by atoms with E-state index in [1.54, 1.807) is 31.0 Å². The number of aryl methyl sites for hydroxylation is 1. The van der Waals surface area contributed by atoms with Crippen molar-refractivity contribution in [2.75, 3.05) is 5.73 Å². The number of nitrogens with two attached hydrogens (primary N) is 1. The molecule has 0 aliphatic carbocycles. The summed E-state index contributed by atoms with van der Waals surface area (Å²) in [5.74, 6) is 0. The Kier molecular flexibility index (Phi) is 1.73. The number of nitrogens with zero attached hydrogens (tertiary/aromatic N) is 3. The van der Waals surface area contributed by atoms with Gasteiger partial charge in [-0.25, -0.2) is 4.98 Å². The molecule has 66 valence electrons. The summed E-state index contributed by atoms with van der Waals surface area (Å²) < 4.78 is 1.91. The van der Waals surface area contributed by atoms with Crippen molar-refractivity contribution < 1.29 is 0 Å². The summed E-state index contributed by atoms with van der Waals surface area (Å²) in [4.78, 5) is 8.04.